The van der Waals surface area contributed by atoms with Crippen LogP contribution in [0.4, 0.5) is 10.5 Å². The molecule has 2 amide bonds. The predicted molar refractivity (Wildman–Crippen MR) is 126 cm³/mol. The number of ether oxygens (including phenoxy) is 1. The molecular formula is C23H24Cl2N4O3. The van der Waals surface area contributed by atoms with Crippen LogP contribution in [-0.4, -0.2) is 49.2 Å². The van der Waals surface area contributed by atoms with Gasteiger partial charge in [0.05, 0.1) is 28.9 Å². The number of piperazine rings is 1. The van der Waals surface area contributed by atoms with Gasteiger partial charge in [0.1, 0.15) is 5.75 Å². The lowest BCUT2D eigenvalue weighted by Crippen LogP contribution is -2.51. The minimum Gasteiger partial charge on any atom is -0.496 e. The number of anilines is 1. The molecule has 1 N–H and O–H groups in total. The minimum atomic E-state index is -0.116. The lowest BCUT2D eigenvalue weighted by molar-refractivity contribution is 0.194. The van der Waals surface area contributed by atoms with E-state index in [1.54, 1.807) is 24.3 Å². The Hall–Kier alpha value is -2.90. The first-order valence-corrected chi connectivity index (χ1v) is 11.0. The maximum atomic E-state index is 12.6. The molecule has 0 atom stereocenters. The summed E-state index contributed by atoms with van der Waals surface area (Å²) in [7, 11) is 1.64. The molecule has 0 spiro atoms. The summed E-state index contributed by atoms with van der Waals surface area (Å²) in [6.07, 6.45) is 1.70. The van der Waals surface area contributed by atoms with Gasteiger partial charge >= 0.3 is 6.03 Å². The molecule has 1 fully saturated rings. The molecule has 1 aromatic heterocycles. The van der Waals surface area contributed by atoms with Crippen LogP contribution in [0.25, 0.3) is 11.3 Å². The first-order chi connectivity index (χ1) is 15.5. The van der Waals surface area contributed by atoms with Crippen LogP contribution in [0.15, 0.2) is 47.0 Å². The number of hydrogen-bond acceptors (Lipinski definition) is 5. The molecular weight excluding hydrogens is 451 g/mol. The number of rotatable bonds is 5. The van der Waals surface area contributed by atoms with Gasteiger partial charge in [-0.25, -0.2) is 9.78 Å². The topological polar surface area (TPSA) is 70.8 Å². The van der Waals surface area contributed by atoms with Crippen LogP contribution in [0.5, 0.6) is 5.75 Å². The number of aromatic nitrogens is 1. The quantitative estimate of drug-likeness (QED) is 0.563. The van der Waals surface area contributed by atoms with Crippen molar-refractivity contribution >= 4 is 34.9 Å². The standard InChI is InChI=1S/C23H24Cl2N4O3/c1-15-26-14-21(32-15)18-7-6-17(12-20(18)31-2)28-8-10-29(11-9-28)23(30)27-13-16-4-3-5-19(24)22(16)25/h3-7,12,14H,8-11,13H2,1-2H3,(H,27,30). The van der Waals surface area contributed by atoms with Crippen molar-refractivity contribution in [2.24, 2.45) is 0 Å². The molecule has 0 bridgehead atoms. The Bertz CT molecular complexity index is 1110. The van der Waals surface area contributed by atoms with Gasteiger partial charge in [-0.05, 0) is 23.8 Å². The summed E-state index contributed by atoms with van der Waals surface area (Å²) in [5.41, 5.74) is 2.68. The number of hydrogen-bond donors (Lipinski definition) is 1. The van der Waals surface area contributed by atoms with Crippen molar-refractivity contribution < 1.29 is 13.9 Å². The van der Waals surface area contributed by atoms with E-state index in [9.17, 15) is 4.79 Å². The Morgan fingerprint density at radius 1 is 1.19 bits per heavy atom. The van der Waals surface area contributed by atoms with Gasteiger partial charge in [-0.1, -0.05) is 35.3 Å². The highest BCUT2D eigenvalue weighted by Crippen LogP contribution is 2.34. The van der Waals surface area contributed by atoms with Gasteiger partial charge < -0.3 is 24.3 Å². The summed E-state index contributed by atoms with van der Waals surface area (Å²) in [4.78, 5) is 20.8. The van der Waals surface area contributed by atoms with E-state index >= 15 is 0 Å². The number of aryl methyl sites for hydroxylation is 1. The summed E-state index contributed by atoms with van der Waals surface area (Å²) in [6.45, 7) is 4.80. The highest BCUT2D eigenvalue weighted by Gasteiger charge is 2.22. The zero-order chi connectivity index (χ0) is 22.7. The predicted octanol–water partition coefficient (Wildman–Crippen LogP) is 5.00. The fraction of sp³-hybridized carbons (Fsp3) is 0.304. The van der Waals surface area contributed by atoms with E-state index in [4.69, 9.17) is 32.4 Å². The van der Waals surface area contributed by atoms with Crippen LogP contribution >= 0.6 is 23.2 Å². The highest BCUT2D eigenvalue weighted by molar-refractivity contribution is 6.42. The number of carbonyl (C=O) groups excluding carboxylic acids is 1. The number of nitrogens with zero attached hydrogens (tertiary/aromatic N) is 3. The lowest BCUT2D eigenvalue weighted by atomic mass is 10.1. The van der Waals surface area contributed by atoms with Crippen LogP contribution in [0.1, 0.15) is 11.5 Å². The molecule has 32 heavy (non-hydrogen) atoms. The van der Waals surface area contributed by atoms with E-state index in [2.05, 4.69) is 15.2 Å². The number of oxazole rings is 1. The van der Waals surface area contributed by atoms with E-state index in [0.29, 0.717) is 41.3 Å². The van der Waals surface area contributed by atoms with Gasteiger partial charge in [0.25, 0.3) is 0 Å². The van der Waals surface area contributed by atoms with Crippen LogP contribution in [-0.2, 0) is 6.54 Å². The normalized spacial score (nSPS) is 13.9. The van der Waals surface area contributed by atoms with Crippen molar-refractivity contribution in [3.63, 3.8) is 0 Å². The molecule has 9 heteroatoms. The van der Waals surface area contributed by atoms with E-state index in [1.165, 1.54) is 0 Å². The molecule has 1 saturated heterocycles. The molecule has 0 aliphatic carbocycles. The molecule has 1 aliphatic rings. The molecule has 4 rings (SSSR count). The first-order valence-electron chi connectivity index (χ1n) is 10.3. The fourth-order valence-electron chi connectivity index (χ4n) is 3.70. The van der Waals surface area contributed by atoms with Crippen LogP contribution in [0, 0.1) is 6.92 Å². The van der Waals surface area contributed by atoms with Crippen molar-refractivity contribution in [1.29, 1.82) is 0 Å². The summed E-state index contributed by atoms with van der Waals surface area (Å²) < 4.78 is 11.2. The second-order valence-electron chi connectivity index (χ2n) is 7.47. The van der Waals surface area contributed by atoms with E-state index < -0.39 is 0 Å². The first kappa shape index (κ1) is 22.3. The van der Waals surface area contributed by atoms with Crippen molar-refractivity contribution in [3.05, 3.63) is 64.1 Å². The molecule has 2 heterocycles. The minimum absolute atomic E-state index is 0.116. The number of halogens is 2. The zero-order valence-electron chi connectivity index (χ0n) is 17.9. The number of carbonyl (C=O) groups is 1. The monoisotopic (exact) mass is 474 g/mol. The highest BCUT2D eigenvalue weighted by atomic mass is 35.5. The molecule has 0 saturated carbocycles. The smallest absolute Gasteiger partial charge is 0.317 e. The van der Waals surface area contributed by atoms with Crippen molar-refractivity contribution in [3.8, 4) is 17.1 Å². The fourth-order valence-corrected chi connectivity index (χ4v) is 4.09. The van der Waals surface area contributed by atoms with E-state index in [-0.39, 0.29) is 6.03 Å². The molecule has 168 valence electrons. The largest absolute Gasteiger partial charge is 0.496 e. The second kappa shape index (κ2) is 9.71. The van der Waals surface area contributed by atoms with Gasteiger partial charge in [-0.2, -0.15) is 0 Å². The third kappa shape index (κ3) is 4.79. The summed E-state index contributed by atoms with van der Waals surface area (Å²) in [5, 5.41) is 3.87. The van der Waals surface area contributed by atoms with Gasteiger partial charge in [0.15, 0.2) is 11.7 Å². The summed E-state index contributed by atoms with van der Waals surface area (Å²) >= 11 is 12.2. The van der Waals surface area contributed by atoms with Gasteiger partial charge in [-0.3, -0.25) is 0 Å². The molecule has 0 unspecified atom stereocenters. The number of urea groups is 1. The Balaban J connectivity index is 1.36. The van der Waals surface area contributed by atoms with E-state index in [1.807, 2.05) is 37.3 Å². The Labute approximate surface area is 196 Å². The average molecular weight is 475 g/mol. The Kier molecular flexibility index (Phi) is 6.77. The second-order valence-corrected chi connectivity index (χ2v) is 8.26. The number of amides is 2. The van der Waals surface area contributed by atoms with Gasteiger partial charge in [0, 0.05) is 51.4 Å². The van der Waals surface area contributed by atoms with Crippen molar-refractivity contribution in [2.45, 2.75) is 13.5 Å². The molecule has 1 aliphatic heterocycles. The Morgan fingerprint density at radius 2 is 1.97 bits per heavy atom. The van der Waals surface area contributed by atoms with Gasteiger partial charge in [0.2, 0.25) is 0 Å². The van der Waals surface area contributed by atoms with Crippen LogP contribution in [0.2, 0.25) is 10.0 Å². The zero-order valence-corrected chi connectivity index (χ0v) is 19.4. The van der Waals surface area contributed by atoms with Crippen molar-refractivity contribution in [2.75, 3.05) is 38.2 Å². The van der Waals surface area contributed by atoms with Crippen LogP contribution in [0.3, 0.4) is 0 Å². The molecule has 3 aromatic rings. The van der Waals surface area contributed by atoms with E-state index in [0.717, 1.165) is 35.7 Å². The van der Waals surface area contributed by atoms with Gasteiger partial charge in [-0.15, -0.1) is 0 Å². The molecule has 2 aromatic carbocycles. The number of benzene rings is 2. The average Bonchev–Trinajstić information content (AvgIpc) is 3.25. The summed E-state index contributed by atoms with van der Waals surface area (Å²) in [5.74, 6) is 2.00. The lowest BCUT2D eigenvalue weighted by Gasteiger charge is -2.36. The van der Waals surface area contributed by atoms with Crippen molar-refractivity contribution in [1.82, 2.24) is 15.2 Å². The van der Waals surface area contributed by atoms with Crippen LogP contribution < -0.4 is 15.0 Å². The summed E-state index contributed by atoms with van der Waals surface area (Å²) in [6, 6.07) is 11.3. The third-order valence-electron chi connectivity index (χ3n) is 5.47. The number of nitrogens with one attached hydrogen (secondary N) is 1. The SMILES string of the molecule is COc1cc(N2CCN(C(=O)NCc3cccc(Cl)c3Cl)CC2)ccc1-c1cnc(C)o1. The third-order valence-corrected chi connectivity index (χ3v) is 6.32. The molecule has 7 nitrogen and oxygen atoms in total. The Morgan fingerprint density at radius 3 is 2.66 bits per heavy atom. The maximum Gasteiger partial charge on any atom is 0.317 e. The maximum absolute atomic E-state index is 12.6. The molecule has 0 radical (unpaired) electrons. The number of methoxy groups -OCH3 is 1.